The van der Waals surface area contributed by atoms with Crippen molar-refractivity contribution in [2.75, 3.05) is 13.1 Å². The fourth-order valence-corrected chi connectivity index (χ4v) is 4.44. The Bertz CT molecular complexity index is 778. The molecule has 0 aliphatic carbocycles. The summed E-state index contributed by atoms with van der Waals surface area (Å²) in [5, 5.41) is 15.8. The third kappa shape index (κ3) is 2.06. The first-order valence-corrected chi connectivity index (χ1v) is 8.34. The van der Waals surface area contributed by atoms with Crippen LogP contribution in [0.2, 0.25) is 0 Å². The van der Waals surface area contributed by atoms with Gasteiger partial charge in [-0.25, -0.2) is 14.1 Å². The van der Waals surface area contributed by atoms with Gasteiger partial charge in [-0.2, -0.15) is 5.10 Å². The zero-order valence-corrected chi connectivity index (χ0v) is 13.8. The highest BCUT2D eigenvalue weighted by Gasteiger charge is 2.59. The van der Waals surface area contributed by atoms with Gasteiger partial charge >= 0.3 is 0 Å². The second-order valence-electron chi connectivity index (χ2n) is 7.09. The van der Waals surface area contributed by atoms with Crippen LogP contribution in [0.5, 0.6) is 0 Å². The minimum atomic E-state index is -1.10. The lowest BCUT2D eigenvalue weighted by molar-refractivity contribution is -0.0386. The third-order valence-electron chi connectivity index (χ3n) is 5.94. The van der Waals surface area contributed by atoms with Gasteiger partial charge in [0, 0.05) is 18.9 Å². The minimum Gasteiger partial charge on any atom is -0.377 e. The molecule has 3 heterocycles. The molecule has 1 N–H and O–H groups in total. The highest BCUT2D eigenvalue weighted by atomic mass is 19.1. The van der Waals surface area contributed by atoms with E-state index in [1.165, 1.54) is 18.0 Å². The van der Waals surface area contributed by atoms with Crippen LogP contribution in [-0.2, 0) is 12.1 Å². The molecule has 1 saturated heterocycles. The molecule has 6 heteroatoms. The summed E-state index contributed by atoms with van der Waals surface area (Å²) in [7, 11) is 0. The lowest BCUT2D eigenvalue weighted by Gasteiger charge is -2.44. The molecule has 0 bridgehead atoms. The molecule has 1 aromatic carbocycles. The number of fused-ring (bicyclic) bond motifs is 2. The maximum atomic E-state index is 14.0. The molecule has 24 heavy (non-hydrogen) atoms. The molecule has 1 aromatic heterocycles. The first kappa shape index (κ1) is 15.5. The van der Waals surface area contributed by atoms with Gasteiger partial charge in [0.25, 0.3) is 0 Å². The average molecular weight is 329 g/mol. The van der Waals surface area contributed by atoms with Gasteiger partial charge in [0.05, 0.1) is 25.2 Å². The van der Waals surface area contributed by atoms with Gasteiger partial charge < -0.3 is 5.11 Å². The molecule has 126 valence electrons. The minimum absolute atomic E-state index is 0.0911. The summed E-state index contributed by atoms with van der Waals surface area (Å²) in [4.78, 5) is 3.97. The largest absolute Gasteiger partial charge is 0.377 e. The van der Waals surface area contributed by atoms with Gasteiger partial charge in [-0.1, -0.05) is 12.2 Å². The van der Waals surface area contributed by atoms with E-state index in [-0.39, 0.29) is 11.9 Å². The fourth-order valence-electron chi connectivity index (χ4n) is 4.44. The van der Waals surface area contributed by atoms with E-state index in [0.29, 0.717) is 11.0 Å². The average Bonchev–Trinajstić information content (AvgIpc) is 3.12. The highest BCUT2D eigenvalue weighted by Crippen LogP contribution is 2.51. The van der Waals surface area contributed by atoms with Crippen molar-refractivity contribution in [1.29, 1.82) is 0 Å². The Morgan fingerprint density at radius 3 is 2.83 bits per heavy atom. The van der Waals surface area contributed by atoms with Crippen LogP contribution in [0.25, 0.3) is 0 Å². The van der Waals surface area contributed by atoms with E-state index in [1.807, 2.05) is 0 Å². The summed E-state index contributed by atoms with van der Waals surface area (Å²) >= 11 is 0. The van der Waals surface area contributed by atoms with Crippen LogP contribution in [-0.4, -0.2) is 39.0 Å². The second-order valence-corrected chi connectivity index (χ2v) is 7.09. The fraction of sp³-hybridized carbons (Fsp3) is 0.444. The van der Waals surface area contributed by atoms with E-state index in [9.17, 15) is 9.50 Å². The molecule has 0 saturated carbocycles. The van der Waals surface area contributed by atoms with Crippen molar-refractivity contribution < 1.29 is 9.50 Å². The molecular formula is C18H22FN4O+. The summed E-state index contributed by atoms with van der Waals surface area (Å²) in [6, 6.07) is 4.67. The van der Waals surface area contributed by atoms with Gasteiger partial charge in [-0.3, -0.25) is 4.48 Å². The smallest absolute Gasteiger partial charge is 0.167 e. The lowest BCUT2D eigenvalue weighted by Crippen LogP contribution is -2.61. The highest BCUT2D eigenvalue weighted by molar-refractivity contribution is 5.60. The second kappa shape index (κ2) is 5.22. The molecule has 0 radical (unpaired) electrons. The van der Waals surface area contributed by atoms with E-state index in [2.05, 4.69) is 23.6 Å². The van der Waals surface area contributed by atoms with Gasteiger partial charge in [0.2, 0.25) is 0 Å². The van der Waals surface area contributed by atoms with Crippen LogP contribution in [0.15, 0.2) is 43.0 Å². The number of quaternary nitrogens is 1. The monoisotopic (exact) mass is 329 g/mol. The molecule has 0 unspecified atom stereocenters. The number of hydrogen-bond acceptors (Lipinski definition) is 3. The summed E-state index contributed by atoms with van der Waals surface area (Å²) < 4.78 is 16.3. The summed E-state index contributed by atoms with van der Waals surface area (Å²) in [5.41, 5.74) is 1.84. The SMILES string of the molecule is C=C1CC[N+]2(CC1)c1cc(F)ccc1[C@@](O)(Cn1cncn1)[C@H]2C. The first-order valence-electron chi connectivity index (χ1n) is 8.34. The number of piperidine rings is 1. The quantitative estimate of drug-likeness (QED) is 0.680. The summed E-state index contributed by atoms with van der Waals surface area (Å²) in [6.45, 7) is 8.15. The Balaban J connectivity index is 1.84. The Hall–Kier alpha value is -2.05. The molecule has 1 fully saturated rings. The van der Waals surface area contributed by atoms with Gasteiger partial charge in [-0.05, 0) is 19.1 Å². The van der Waals surface area contributed by atoms with Gasteiger partial charge in [0.1, 0.15) is 30.2 Å². The Morgan fingerprint density at radius 2 is 2.17 bits per heavy atom. The number of halogens is 1. The summed E-state index contributed by atoms with van der Waals surface area (Å²) in [6.07, 6.45) is 4.87. The van der Waals surface area contributed by atoms with Crippen LogP contribution in [0.4, 0.5) is 10.1 Å². The van der Waals surface area contributed by atoms with Crippen molar-refractivity contribution in [3.05, 3.63) is 54.4 Å². The van der Waals surface area contributed by atoms with Gasteiger partial charge in [-0.15, -0.1) is 0 Å². The van der Waals surface area contributed by atoms with E-state index in [4.69, 9.17) is 0 Å². The maximum absolute atomic E-state index is 14.0. The van der Waals surface area contributed by atoms with E-state index >= 15 is 0 Å². The molecular weight excluding hydrogens is 307 g/mol. The predicted octanol–water partition coefficient (Wildman–Crippen LogP) is 2.36. The first-order chi connectivity index (χ1) is 11.5. The number of aliphatic hydroxyl groups is 1. The molecule has 2 aromatic rings. The van der Waals surface area contributed by atoms with E-state index in [0.717, 1.165) is 37.2 Å². The zero-order valence-electron chi connectivity index (χ0n) is 13.8. The van der Waals surface area contributed by atoms with Crippen LogP contribution in [0, 0.1) is 5.82 Å². The van der Waals surface area contributed by atoms with Crippen LogP contribution in [0.3, 0.4) is 0 Å². The molecule has 4 rings (SSSR count). The topological polar surface area (TPSA) is 50.9 Å². The van der Waals surface area contributed by atoms with E-state index in [1.54, 1.807) is 23.1 Å². The molecule has 2 atom stereocenters. The molecule has 2 aliphatic heterocycles. The number of rotatable bonds is 2. The molecule has 2 aliphatic rings. The van der Waals surface area contributed by atoms with Crippen molar-refractivity contribution in [1.82, 2.24) is 19.2 Å². The zero-order chi connectivity index (χ0) is 16.9. The number of hydrogen-bond donors (Lipinski definition) is 1. The molecule has 5 nitrogen and oxygen atoms in total. The van der Waals surface area contributed by atoms with Crippen LogP contribution >= 0.6 is 0 Å². The maximum Gasteiger partial charge on any atom is 0.167 e. The normalized spacial score (nSPS) is 28.3. The Labute approximate surface area is 140 Å². The van der Waals surface area contributed by atoms with Crippen molar-refractivity contribution in [3.8, 4) is 0 Å². The summed E-state index contributed by atoms with van der Waals surface area (Å²) in [5.74, 6) is -0.257. The van der Waals surface area contributed by atoms with Crippen molar-refractivity contribution in [2.45, 2.75) is 38.0 Å². The lowest BCUT2D eigenvalue weighted by atomic mass is 9.89. The third-order valence-corrected chi connectivity index (χ3v) is 5.94. The number of nitrogens with zero attached hydrogens (tertiary/aromatic N) is 4. The van der Waals surface area contributed by atoms with Crippen molar-refractivity contribution in [2.24, 2.45) is 0 Å². The molecule has 0 amide bonds. The van der Waals surface area contributed by atoms with Crippen LogP contribution in [0.1, 0.15) is 25.3 Å². The Morgan fingerprint density at radius 1 is 1.42 bits per heavy atom. The van der Waals surface area contributed by atoms with Crippen molar-refractivity contribution >= 4 is 5.69 Å². The Kier molecular flexibility index (Phi) is 3.37. The number of benzene rings is 1. The van der Waals surface area contributed by atoms with Gasteiger partial charge in [0.15, 0.2) is 5.60 Å². The molecule has 1 spiro atoms. The van der Waals surface area contributed by atoms with E-state index < -0.39 is 5.60 Å². The van der Waals surface area contributed by atoms with Crippen molar-refractivity contribution in [3.63, 3.8) is 0 Å². The predicted molar refractivity (Wildman–Crippen MR) is 89.7 cm³/mol. The number of aromatic nitrogens is 3. The standard InChI is InChI=1S/C18H22FN4O/c1-13-5-7-23(8-6-13)14(2)18(24,10-22-12-20-11-21-22)16-4-3-15(19)9-17(16)23/h3-4,9,11-12,14,24H,1,5-8,10H2,2H3/q+1/t14-,18-/m1/s1. The van der Waals surface area contributed by atoms with Crippen LogP contribution < -0.4 is 4.48 Å².